The lowest BCUT2D eigenvalue weighted by Gasteiger charge is -2.19. The molecule has 0 bridgehead atoms. The summed E-state index contributed by atoms with van der Waals surface area (Å²) in [6.07, 6.45) is 1.69. The first-order valence-corrected chi connectivity index (χ1v) is 11.6. The number of nitrogens with zero attached hydrogens (tertiary/aromatic N) is 3. The van der Waals surface area contributed by atoms with E-state index in [2.05, 4.69) is 69.4 Å². The molecule has 0 atom stereocenters. The number of benzene rings is 2. The van der Waals surface area contributed by atoms with Crippen LogP contribution in [0, 0.1) is 8.99 Å². The summed E-state index contributed by atoms with van der Waals surface area (Å²) in [5.74, 6) is 1.53. The molecule has 0 saturated heterocycles. The van der Waals surface area contributed by atoms with Gasteiger partial charge in [0.2, 0.25) is 0 Å². The Morgan fingerprint density at radius 1 is 1.23 bits per heavy atom. The zero-order chi connectivity index (χ0) is 22.1. The molecule has 7 heteroatoms. The maximum absolute atomic E-state index is 13.1. The summed E-state index contributed by atoms with van der Waals surface area (Å²) in [4.78, 5) is 17.8. The summed E-state index contributed by atoms with van der Waals surface area (Å²) in [6, 6.07) is 11.4. The van der Waals surface area contributed by atoms with Crippen molar-refractivity contribution in [2.45, 2.75) is 40.5 Å². The zero-order valence-electron chi connectivity index (χ0n) is 17.7. The Morgan fingerprint density at radius 2 is 1.97 bits per heavy atom. The fourth-order valence-corrected chi connectivity index (χ4v) is 3.84. The van der Waals surface area contributed by atoms with Gasteiger partial charge < -0.3 is 4.74 Å². The van der Waals surface area contributed by atoms with Crippen molar-refractivity contribution in [2.75, 3.05) is 6.61 Å². The lowest BCUT2D eigenvalue weighted by molar-refractivity contribution is 0.196. The molecular weight excluding hydrogens is 557 g/mol. The van der Waals surface area contributed by atoms with Crippen LogP contribution in [0.4, 0.5) is 0 Å². The molecule has 0 amide bonds. The minimum Gasteiger partial charge on any atom is -0.492 e. The summed E-state index contributed by atoms with van der Waals surface area (Å²) in [7, 11) is 0. The van der Waals surface area contributed by atoms with Crippen molar-refractivity contribution in [3.8, 4) is 5.75 Å². The first-order chi connectivity index (χ1) is 14.0. The summed E-state index contributed by atoms with van der Waals surface area (Å²) >= 11 is 5.69. The topological polar surface area (TPSA) is 56.5 Å². The van der Waals surface area contributed by atoms with Crippen molar-refractivity contribution in [1.82, 2.24) is 9.66 Å². The van der Waals surface area contributed by atoms with Crippen LogP contribution in [0.15, 0.2) is 50.8 Å². The number of aromatic nitrogens is 2. The Bertz CT molecular complexity index is 1160. The van der Waals surface area contributed by atoms with E-state index in [-0.39, 0.29) is 16.9 Å². The van der Waals surface area contributed by atoms with E-state index in [1.165, 1.54) is 4.68 Å². The van der Waals surface area contributed by atoms with Gasteiger partial charge in [0.05, 0.1) is 27.3 Å². The Labute approximate surface area is 198 Å². The summed E-state index contributed by atoms with van der Waals surface area (Å²) in [5.41, 5.74) is 1.48. The van der Waals surface area contributed by atoms with Crippen molar-refractivity contribution >= 4 is 55.6 Å². The van der Waals surface area contributed by atoms with E-state index in [0.717, 1.165) is 19.4 Å². The van der Waals surface area contributed by atoms with Crippen LogP contribution in [-0.4, -0.2) is 22.5 Å². The molecule has 0 aliphatic rings. The molecule has 0 aliphatic carbocycles. The normalized spacial score (nSPS) is 12.3. The van der Waals surface area contributed by atoms with Crippen molar-refractivity contribution in [1.29, 1.82) is 0 Å². The highest BCUT2D eigenvalue weighted by Crippen LogP contribution is 2.24. The molecule has 1 aromatic heterocycles. The Hall–Kier alpha value is -1.74. The molecule has 1 heterocycles. The van der Waals surface area contributed by atoms with Gasteiger partial charge in [-0.3, -0.25) is 4.79 Å². The van der Waals surface area contributed by atoms with Crippen LogP contribution in [0.3, 0.4) is 0 Å². The first-order valence-electron chi connectivity index (χ1n) is 9.74. The molecule has 2 aromatic carbocycles. The van der Waals surface area contributed by atoms with Gasteiger partial charge in [-0.1, -0.05) is 50.5 Å². The van der Waals surface area contributed by atoms with Gasteiger partial charge in [-0.2, -0.15) is 9.78 Å². The Balaban J connectivity index is 1.97. The largest absolute Gasteiger partial charge is 0.492 e. The van der Waals surface area contributed by atoms with Crippen LogP contribution in [0.2, 0.25) is 0 Å². The van der Waals surface area contributed by atoms with Crippen molar-refractivity contribution < 1.29 is 4.74 Å². The van der Waals surface area contributed by atoms with Gasteiger partial charge in [0, 0.05) is 10.4 Å². The monoisotopic (exact) mass is 581 g/mol. The van der Waals surface area contributed by atoms with Crippen LogP contribution in [0.5, 0.6) is 5.75 Å². The maximum atomic E-state index is 13.1. The third kappa shape index (κ3) is 5.49. The van der Waals surface area contributed by atoms with Crippen LogP contribution >= 0.6 is 38.5 Å². The van der Waals surface area contributed by atoms with Gasteiger partial charge in [0.25, 0.3) is 5.56 Å². The molecule has 3 aromatic rings. The summed E-state index contributed by atoms with van der Waals surface area (Å²) in [5, 5.41) is 5.02. The molecule has 30 heavy (non-hydrogen) atoms. The zero-order valence-corrected chi connectivity index (χ0v) is 21.5. The van der Waals surface area contributed by atoms with Gasteiger partial charge in [-0.05, 0) is 70.0 Å². The number of rotatable bonds is 5. The fraction of sp³-hybridized carbons (Fsp3) is 0.348. The van der Waals surface area contributed by atoms with Gasteiger partial charge >= 0.3 is 0 Å². The van der Waals surface area contributed by atoms with E-state index < -0.39 is 0 Å². The molecule has 5 nitrogen and oxygen atoms in total. The molecule has 0 N–H and O–H groups in total. The van der Waals surface area contributed by atoms with E-state index in [1.54, 1.807) is 12.3 Å². The highest BCUT2D eigenvalue weighted by Gasteiger charge is 2.14. The molecule has 0 saturated carbocycles. The van der Waals surface area contributed by atoms with E-state index in [9.17, 15) is 4.79 Å². The maximum Gasteiger partial charge on any atom is 0.282 e. The third-order valence-electron chi connectivity index (χ3n) is 4.29. The van der Waals surface area contributed by atoms with E-state index in [4.69, 9.17) is 4.74 Å². The second-order valence-electron chi connectivity index (χ2n) is 8.69. The van der Waals surface area contributed by atoms with Gasteiger partial charge in [-0.25, -0.2) is 4.98 Å². The molecule has 3 rings (SSSR count). The lowest BCUT2D eigenvalue weighted by Crippen LogP contribution is -2.23. The molecule has 0 unspecified atom stereocenters. The molecule has 0 aliphatic heterocycles. The number of hydrogen-bond acceptors (Lipinski definition) is 4. The standard InChI is InChI=1S/C23H25BrIN3O2/c1-14(2)21-27-19-8-7-16(24)11-17(19)22(29)28(21)26-12-15-6-9-20(18(25)10-15)30-13-23(3,4)5/h6-12,14H,13H2,1-5H3. The second-order valence-corrected chi connectivity index (χ2v) is 10.8. The number of fused-ring (bicyclic) bond motifs is 1. The minimum atomic E-state index is -0.180. The summed E-state index contributed by atoms with van der Waals surface area (Å²) in [6.45, 7) is 11.1. The number of halogens is 2. The highest BCUT2D eigenvalue weighted by atomic mass is 127. The smallest absolute Gasteiger partial charge is 0.282 e. The van der Waals surface area contributed by atoms with E-state index >= 15 is 0 Å². The molecule has 0 radical (unpaired) electrons. The molecule has 158 valence electrons. The first kappa shape index (κ1) is 22.9. The number of hydrogen-bond donors (Lipinski definition) is 0. The lowest BCUT2D eigenvalue weighted by atomic mass is 9.99. The number of ether oxygens (including phenoxy) is 1. The Kier molecular flexibility index (Phi) is 7.02. The average Bonchev–Trinajstić information content (AvgIpc) is 2.66. The summed E-state index contributed by atoms with van der Waals surface area (Å²) < 4.78 is 9.16. The van der Waals surface area contributed by atoms with Crippen molar-refractivity contribution in [2.24, 2.45) is 10.5 Å². The van der Waals surface area contributed by atoms with Crippen LogP contribution in [-0.2, 0) is 0 Å². The van der Waals surface area contributed by atoms with Crippen LogP contribution < -0.4 is 10.3 Å². The fourth-order valence-electron chi connectivity index (χ4n) is 2.78. The third-order valence-corrected chi connectivity index (χ3v) is 5.62. The quantitative estimate of drug-likeness (QED) is 0.266. The van der Waals surface area contributed by atoms with Gasteiger partial charge in [0.1, 0.15) is 11.6 Å². The van der Waals surface area contributed by atoms with E-state index in [1.807, 2.05) is 44.2 Å². The van der Waals surface area contributed by atoms with Crippen molar-refractivity contribution in [3.63, 3.8) is 0 Å². The van der Waals surface area contributed by atoms with Crippen molar-refractivity contribution in [3.05, 3.63) is 66.2 Å². The minimum absolute atomic E-state index is 0.0520. The molecular formula is C23H25BrIN3O2. The second kappa shape index (κ2) is 9.18. The predicted octanol–water partition coefficient (Wildman–Crippen LogP) is 6.19. The SMILES string of the molecule is CC(C)c1nc2ccc(Br)cc2c(=O)n1N=Cc1ccc(OCC(C)(C)C)c(I)c1. The highest BCUT2D eigenvalue weighted by molar-refractivity contribution is 14.1. The molecule has 0 spiro atoms. The molecule has 0 fully saturated rings. The van der Waals surface area contributed by atoms with Gasteiger partial charge in [-0.15, -0.1) is 0 Å². The van der Waals surface area contributed by atoms with Crippen LogP contribution in [0.1, 0.15) is 51.9 Å². The van der Waals surface area contributed by atoms with E-state index in [0.29, 0.717) is 23.3 Å². The Morgan fingerprint density at radius 3 is 2.60 bits per heavy atom. The van der Waals surface area contributed by atoms with Crippen LogP contribution in [0.25, 0.3) is 10.9 Å². The van der Waals surface area contributed by atoms with Gasteiger partial charge in [0.15, 0.2) is 0 Å². The predicted molar refractivity (Wildman–Crippen MR) is 135 cm³/mol. The average molecular weight is 582 g/mol.